The maximum atomic E-state index is 12.1. The molecule has 0 bridgehead atoms. The molecule has 1 fully saturated rings. The van der Waals surface area contributed by atoms with Crippen LogP contribution in [0.5, 0.6) is 0 Å². The number of hydrogen-bond acceptors (Lipinski definition) is 3. The number of amides is 1. The lowest BCUT2D eigenvalue weighted by atomic mass is 9.71. The Morgan fingerprint density at radius 1 is 1.33 bits per heavy atom. The molecule has 2 rings (SSSR count). The van der Waals surface area contributed by atoms with Crippen molar-refractivity contribution in [3.8, 4) is 0 Å². The van der Waals surface area contributed by atoms with E-state index < -0.39 is 0 Å². The van der Waals surface area contributed by atoms with Crippen LogP contribution in [0.1, 0.15) is 43.4 Å². The zero-order valence-corrected chi connectivity index (χ0v) is 15.4. The predicted molar refractivity (Wildman–Crippen MR) is 95.2 cm³/mol. The summed E-state index contributed by atoms with van der Waals surface area (Å²) in [6, 6.07) is 4.15. The van der Waals surface area contributed by atoms with Crippen LogP contribution in [0.15, 0.2) is 15.9 Å². The summed E-state index contributed by atoms with van der Waals surface area (Å²) in [5.41, 5.74) is 5.99. The molecule has 1 aromatic rings. The van der Waals surface area contributed by atoms with Gasteiger partial charge in [0.05, 0.1) is 3.79 Å². The average molecular weight is 396 g/mol. The molecule has 1 aromatic heterocycles. The summed E-state index contributed by atoms with van der Waals surface area (Å²) in [7, 11) is 0. The fourth-order valence-electron chi connectivity index (χ4n) is 2.97. The molecule has 0 unspecified atom stereocenters. The lowest BCUT2D eigenvalue weighted by Crippen LogP contribution is -2.39. The van der Waals surface area contributed by atoms with E-state index in [2.05, 4.69) is 27.3 Å². The first-order chi connectivity index (χ1) is 9.63. The Morgan fingerprint density at radius 2 is 2.05 bits per heavy atom. The molecule has 0 radical (unpaired) electrons. The molecule has 1 aliphatic carbocycles. The number of hydrogen-bond donors (Lipinski definition) is 2. The number of nitrogens with one attached hydrogen (secondary N) is 1. The van der Waals surface area contributed by atoms with Gasteiger partial charge in [0.25, 0.3) is 0 Å². The van der Waals surface area contributed by atoms with Crippen LogP contribution < -0.4 is 11.1 Å². The van der Waals surface area contributed by atoms with Gasteiger partial charge in [-0.1, -0.05) is 19.3 Å². The SMILES string of the molecule is Cl.NCC1(CC(=O)NCCc2ccc(Br)s2)CCCCC1. The second kappa shape index (κ2) is 9.13. The number of nitrogens with two attached hydrogens (primary N) is 1. The van der Waals surface area contributed by atoms with Crippen molar-refractivity contribution in [2.75, 3.05) is 13.1 Å². The van der Waals surface area contributed by atoms with E-state index >= 15 is 0 Å². The van der Waals surface area contributed by atoms with Gasteiger partial charge in [-0.3, -0.25) is 4.79 Å². The number of carbonyl (C=O) groups is 1. The third kappa shape index (κ3) is 5.89. The summed E-state index contributed by atoms with van der Waals surface area (Å²) >= 11 is 5.18. The summed E-state index contributed by atoms with van der Waals surface area (Å²) in [5, 5.41) is 3.04. The van der Waals surface area contributed by atoms with E-state index in [-0.39, 0.29) is 23.7 Å². The number of carbonyl (C=O) groups excluding carboxylic acids is 1. The number of halogens is 2. The lowest BCUT2D eigenvalue weighted by molar-refractivity contribution is -0.123. The van der Waals surface area contributed by atoms with Crippen molar-refractivity contribution in [3.05, 3.63) is 20.8 Å². The normalized spacial score (nSPS) is 17.0. The van der Waals surface area contributed by atoms with Crippen LogP contribution in [-0.4, -0.2) is 19.0 Å². The summed E-state index contributed by atoms with van der Waals surface area (Å²) in [6.07, 6.45) is 7.43. The quantitative estimate of drug-likeness (QED) is 0.767. The Balaban J connectivity index is 0.00000220. The smallest absolute Gasteiger partial charge is 0.220 e. The van der Waals surface area contributed by atoms with Gasteiger partial charge in [-0.2, -0.15) is 0 Å². The molecule has 3 nitrogen and oxygen atoms in total. The molecule has 120 valence electrons. The highest BCUT2D eigenvalue weighted by atomic mass is 79.9. The average Bonchev–Trinajstić information content (AvgIpc) is 2.85. The molecule has 6 heteroatoms. The molecule has 0 aliphatic heterocycles. The van der Waals surface area contributed by atoms with Crippen molar-refractivity contribution in [2.24, 2.45) is 11.1 Å². The van der Waals surface area contributed by atoms with Gasteiger partial charge in [-0.05, 0) is 59.3 Å². The van der Waals surface area contributed by atoms with Gasteiger partial charge in [-0.15, -0.1) is 23.7 Å². The molecule has 0 atom stereocenters. The van der Waals surface area contributed by atoms with E-state index in [4.69, 9.17) is 5.73 Å². The van der Waals surface area contributed by atoms with Crippen molar-refractivity contribution in [1.82, 2.24) is 5.32 Å². The molecule has 1 aliphatic rings. The standard InChI is InChI=1S/C15H23BrN2OS.ClH/c16-13-5-4-12(20-13)6-9-18-14(19)10-15(11-17)7-2-1-3-8-15;/h4-5H,1-3,6-11,17H2,(H,18,19);1H. The van der Waals surface area contributed by atoms with E-state index in [9.17, 15) is 4.79 Å². The van der Waals surface area contributed by atoms with Crippen molar-refractivity contribution in [3.63, 3.8) is 0 Å². The maximum absolute atomic E-state index is 12.1. The van der Waals surface area contributed by atoms with Crippen LogP contribution in [0, 0.1) is 5.41 Å². The van der Waals surface area contributed by atoms with Gasteiger partial charge in [0.2, 0.25) is 5.91 Å². The van der Waals surface area contributed by atoms with Crippen molar-refractivity contribution in [2.45, 2.75) is 44.9 Å². The number of rotatable bonds is 6. The molecule has 1 amide bonds. The van der Waals surface area contributed by atoms with Gasteiger partial charge < -0.3 is 11.1 Å². The van der Waals surface area contributed by atoms with Gasteiger partial charge in [0, 0.05) is 17.8 Å². The second-order valence-electron chi connectivity index (χ2n) is 5.75. The van der Waals surface area contributed by atoms with Gasteiger partial charge in [0.1, 0.15) is 0 Å². The fourth-order valence-corrected chi connectivity index (χ4v) is 4.45. The minimum absolute atomic E-state index is 0. The Morgan fingerprint density at radius 3 is 2.62 bits per heavy atom. The molecule has 0 spiro atoms. The molecule has 3 N–H and O–H groups in total. The summed E-state index contributed by atoms with van der Waals surface area (Å²) < 4.78 is 1.14. The maximum Gasteiger partial charge on any atom is 0.220 e. The number of thiophene rings is 1. The van der Waals surface area contributed by atoms with Crippen LogP contribution in [0.25, 0.3) is 0 Å². The van der Waals surface area contributed by atoms with Crippen molar-refractivity contribution < 1.29 is 4.79 Å². The monoisotopic (exact) mass is 394 g/mol. The minimum Gasteiger partial charge on any atom is -0.356 e. The highest BCUT2D eigenvalue weighted by Crippen LogP contribution is 2.38. The van der Waals surface area contributed by atoms with Crippen molar-refractivity contribution in [1.29, 1.82) is 0 Å². The van der Waals surface area contributed by atoms with E-state index in [0.717, 1.165) is 23.0 Å². The third-order valence-corrected chi connectivity index (χ3v) is 5.89. The van der Waals surface area contributed by atoms with E-state index in [1.165, 1.54) is 24.1 Å². The van der Waals surface area contributed by atoms with Gasteiger partial charge >= 0.3 is 0 Å². The first-order valence-electron chi connectivity index (χ1n) is 7.35. The van der Waals surface area contributed by atoms with Crippen LogP contribution >= 0.6 is 39.7 Å². The van der Waals surface area contributed by atoms with E-state index in [1.54, 1.807) is 11.3 Å². The highest BCUT2D eigenvalue weighted by molar-refractivity contribution is 9.11. The third-order valence-electron chi connectivity index (χ3n) is 4.21. The van der Waals surface area contributed by atoms with Crippen LogP contribution in [0.3, 0.4) is 0 Å². The Hall–Kier alpha value is -0.100. The van der Waals surface area contributed by atoms with Gasteiger partial charge in [0.15, 0.2) is 0 Å². The first-order valence-corrected chi connectivity index (χ1v) is 8.95. The van der Waals surface area contributed by atoms with E-state index in [1.807, 2.05) is 6.07 Å². The summed E-state index contributed by atoms with van der Waals surface area (Å²) in [4.78, 5) is 13.4. The Kier molecular flexibility index (Phi) is 8.24. The molecular weight excluding hydrogens is 372 g/mol. The van der Waals surface area contributed by atoms with Crippen LogP contribution in [-0.2, 0) is 11.2 Å². The molecular formula is C15H24BrClN2OS. The summed E-state index contributed by atoms with van der Waals surface area (Å²) in [6.45, 7) is 1.35. The minimum atomic E-state index is 0. The zero-order chi connectivity index (χ0) is 14.4. The zero-order valence-electron chi connectivity index (χ0n) is 12.2. The van der Waals surface area contributed by atoms with Crippen LogP contribution in [0.4, 0.5) is 0 Å². The van der Waals surface area contributed by atoms with Crippen molar-refractivity contribution >= 4 is 45.6 Å². The second-order valence-corrected chi connectivity index (χ2v) is 8.29. The molecule has 1 saturated carbocycles. The van der Waals surface area contributed by atoms with Crippen LogP contribution in [0.2, 0.25) is 0 Å². The largest absolute Gasteiger partial charge is 0.356 e. The Labute approximate surface area is 145 Å². The fraction of sp³-hybridized carbons (Fsp3) is 0.667. The van der Waals surface area contributed by atoms with Gasteiger partial charge in [-0.25, -0.2) is 0 Å². The first kappa shape index (κ1) is 18.9. The summed E-state index contributed by atoms with van der Waals surface area (Å²) in [5.74, 6) is 0.160. The lowest BCUT2D eigenvalue weighted by Gasteiger charge is -2.35. The van der Waals surface area contributed by atoms with E-state index in [0.29, 0.717) is 19.5 Å². The Bertz CT molecular complexity index is 447. The highest BCUT2D eigenvalue weighted by Gasteiger charge is 2.32. The predicted octanol–water partition coefficient (Wildman–Crippen LogP) is 3.89. The topological polar surface area (TPSA) is 55.1 Å². The molecule has 0 saturated heterocycles. The molecule has 21 heavy (non-hydrogen) atoms. The molecule has 0 aromatic carbocycles. The molecule has 1 heterocycles.